The van der Waals surface area contributed by atoms with Gasteiger partial charge in [-0.1, -0.05) is 18.2 Å². The van der Waals surface area contributed by atoms with Gasteiger partial charge in [0.15, 0.2) is 0 Å². The molecule has 2 fully saturated rings. The van der Waals surface area contributed by atoms with Gasteiger partial charge in [0.2, 0.25) is 5.91 Å². The van der Waals surface area contributed by atoms with Crippen molar-refractivity contribution < 1.29 is 9.18 Å². The minimum absolute atomic E-state index is 0.0766. The van der Waals surface area contributed by atoms with Crippen LogP contribution in [-0.4, -0.2) is 44.7 Å². The first-order chi connectivity index (χ1) is 12.6. The zero-order valence-electron chi connectivity index (χ0n) is 14.7. The van der Waals surface area contributed by atoms with Gasteiger partial charge in [-0.2, -0.15) is 0 Å². The Labute approximate surface area is 151 Å². The fourth-order valence-corrected chi connectivity index (χ4v) is 3.92. The molecule has 2 saturated heterocycles. The standard InChI is InChI=1S/C18H23FN6O/c1-24-11-20-23-17(24)12-6-8-25(9-7-12)18(26)16-10-15(21-22-16)13-4-2-3-5-14(13)19/h2-5,11-12,15-16,21-22H,6-10H2,1H3. The highest BCUT2D eigenvalue weighted by molar-refractivity contribution is 5.82. The van der Waals surface area contributed by atoms with Gasteiger partial charge in [0.25, 0.3) is 0 Å². The number of hydrogen-bond donors (Lipinski definition) is 2. The quantitative estimate of drug-likeness (QED) is 0.864. The van der Waals surface area contributed by atoms with Crippen LogP contribution in [0.15, 0.2) is 30.6 Å². The number of piperidine rings is 1. The zero-order valence-corrected chi connectivity index (χ0v) is 14.7. The predicted octanol–water partition coefficient (Wildman–Crippen LogP) is 1.27. The lowest BCUT2D eigenvalue weighted by Gasteiger charge is -2.33. The molecule has 1 amide bonds. The molecule has 0 aliphatic carbocycles. The lowest BCUT2D eigenvalue weighted by atomic mass is 9.95. The topological polar surface area (TPSA) is 75.1 Å². The first kappa shape index (κ1) is 17.1. The maximum absolute atomic E-state index is 14.0. The van der Waals surface area contributed by atoms with Crippen LogP contribution in [0.4, 0.5) is 4.39 Å². The number of carbonyl (C=O) groups is 1. The van der Waals surface area contributed by atoms with E-state index in [1.54, 1.807) is 18.5 Å². The summed E-state index contributed by atoms with van der Waals surface area (Å²) in [7, 11) is 1.95. The molecule has 2 N–H and O–H groups in total. The Morgan fingerprint density at radius 3 is 2.69 bits per heavy atom. The van der Waals surface area contributed by atoms with Crippen molar-refractivity contribution in [2.45, 2.75) is 37.3 Å². The Morgan fingerprint density at radius 1 is 1.23 bits per heavy atom. The Bertz CT molecular complexity index is 785. The smallest absolute Gasteiger partial charge is 0.241 e. The molecular weight excluding hydrogens is 335 g/mol. The fraction of sp³-hybridized carbons (Fsp3) is 0.500. The van der Waals surface area contributed by atoms with Crippen LogP contribution in [0.25, 0.3) is 0 Å². The van der Waals surface area contributed by atoms with Crippen molar-refractivity contribution in [3.8, 4) is 0 Å². The maximum atomic E-state index is 14.0. The molecule has 26 heavy (non-hydrogen) atoms. The van der Waals surface area contributed by atoms with Gasteiger partial charge in [-0.3, -0.25) is 4.79 Å². The largest absolute Gasteiger partial charge is 0.341 e. The number of nitrogens with zero attached hydrogens (tertiary/aromatic N) is 4. The fourth-order valence-electron chi connectivity index (χ4n) is 3.92. The van der Waals surface area contributed by atoms with E-state index in [1.807, 2.05) is 22.6 Å². The third-order valence-electron chi connectivity index (χ3n) is 5.40. The van der Waals surface area contributed by atoms with Crippen molar-refractivity contribution in [2.75, 3.05) is 13.1 Å². The van der Waals surface area contributed by atoms with Gasteiger partial charge in [-0.25, -0.2) is 15.2 Å². The van der Waals surface area contributed by atoms with Crippen LogP contribution in [0.5, 0.6) is 0 Å². The minimum Gasteiger partial charge on any atom is -0.341 e. The van der Waals surface area contributed by atoms with E-state index in [4.69, 9.17) is 0 Å². The summed E-state index contributed by atoms with van der Waals surface area (Å²) in [5.74, 6) is 1.15. The van der Waals surface area contributed by atoms with E-state index in [2.05, 4.69) is 21.0 Å². The maximum Gasteiger partial charge on any atom is 0.241 e. The van der Waals surface area contributed by atoms with E-state index >= 15 is 0 Å². The lowest BCUT2D eigenvalue weighted by Crippen LogP contribution is -2.48. The Hall–Kier alpha value is -2.32. The lowest BCUT2D eigenvalue weighted by molar-refractivity contribution is -0.134. The molecule has 4 rings (SSSR count). The van der Waals surface area contributed by atoms with E-state index in [0.717, 1.165) is 18.7 Å². The molecule has 2 aliphatic heterocycles. The number of halogens is 1. The second-order valence-corrected chi connectivity index (χ2v) is 7.05. The molecule has 0 bridgehead atoms. The number of aryl methyl sites for hydroxylation is 1. The summed E-state index contributed by atoms with van der Waals surface area (Å²) in [5, 5.41) is 8.13. The number of nitrogens with one attached hydrogen (secondary N) is 2. The first-order valence-electron chi connectivity index (χ1n) is 9.01. The SMILES string of the molecule is Cn1cnnc1C1CCN(C(=O)C2CC(c3ccccc3F)NN2)CC1. The van der Waals surface area contributed by atoms with Gasteiger partial charge in [-0.15, -0.1) is 10.2 Å². The van der Waals surface area contributed by atoms with E-state index in [0.29, 0.717) is 31.0 Å². The van der Waals surface area contributed by atoms with Crippen molar-refractivity contribution in [3.05, 3.63) is 47.8 Å². The number of carbonyl (C=O) groups excluding carboxylic acids is 1. The number of amides is 1. The van der Waals surface area contributed by atoms with Crippen molar-refractivity contribution >= 4 is 5.91 Å². The van der Waals surface area contributed by atoms with E-state index in [-0.39, 0.29) is 23.8 Å². The van der Waals surface area contributed by atoms with Gasteiger partial charge in [0, 0.05) is 31.6 Å². The summed E-state index contributed by atoms with van der Waals surface area (Å²) >= 11 is 0. The number of hydrazine groups is 1. The van der Waals surface area contributed by atoms with Crippen molar-refractivity contribution in [3.63, 3.8) is 0 Å². The summed E-state index contributed by atoms with van der Waals surface area (Å²) in [6.45, 7) is 1.41. The highest BCUT2D eigenvalue weighted by atomic mass is 19.1. The van der Waals surface area contributed by atoms with Crippen LogP contribution in [0, 0.1) is 5.82 Å². The van der Waals surface area contributed by atoms with Gasteiger partial charge < -0.3 is 9.47 Å². The molecule has 8 heteroatoms. The summed E-state index contributed by atoms with van der Waals surface area (Å²) in [4.78, 5) is 14.7. The average molecular weight is 358 g/mol. The van der Waals surface area contributed by atoms with Gasteiger partial charge in [0.05, 0.1) is 6.04 Å². The van der Waals surface area contributed by atoms with E-state index in [9.17, 15) is 9.18 Å². The Kier molecular flexibility index (Phi) is 4.69. The molecule has 2 aromatic rings. The molecule has 0 radical (unpaired) electrons. The van der Waals surface area contributed by atoms with Gasteiger partial charge in [0.1, 0.15) is 24.0 Å². The molecular formula is C18H23FN6O. The Balaban J connectivity index is 1.35. The number of benzene rings is 1. The monoisotopic (exact) mass is 358 g/mol. The van der Waals surface area contributed by atoms with Gasteiger partial charge in [-0.05, 0) is 25.3 Å². The number of aromatic nitrogens is 3. The summed E-state index contributed by atoms with van der Waals surface area (Å²) < 4.78 is 15.9. The second kappa shape index (κ2) is 7.13. The van der Waals surface area contributed by atoms with Gasteiger partial charge >= 0.3 is 0 Å². The second-order valence-electron chi connectivity index (χ2n) is 7.05. The molecule has 7 nitrogen and oxygen atoms in total. The number of rotatable bonds is 3. The van der Waals surface area contributed by atoms with Crippen LogP contribution >= 0.6 is 0 Å². The van der Waals surface area contributed by atoms with Crippen LogP contribution < -0.4 is 10.9 Å². The van der Waals surface area contributed by atoms with Crippen LogP contribution in [-0.2, 0) is 11.8 Å². The van der Waals surface area contributed by atoms with Crippen molar-refractivity contribution in [2.24, 2.45) is 7.05 Å². The van der Waals surface area contributed by atoms with E-state index < -0.39 is 0 Å². The number of hydrogen-bond acceptors (Lipinski definition) is 5. The van der Waals surface area contributed by atoms with E-state index in [1.165, 1.54) is 6.07 Å². The minimum atomic E-state index is -0.328. The highest BCUT2D eigenvalue weighted by Gasteiger charge is 2.35. The van der Waals surface area contributed by atoms with Crippen molar-refractivity contribution in [1.82, 2.24) is 30.5 Å². The average Bonchev–Trinajstić information content (AvgIpc) is 3.31. The third kappa shape index (κ3) is 3.22. The molecule has 0 saturated carbocycles. The summed E-state index contributed by atoms with van der Waals surface area (Å²) in [6, 6.07) is 6.17. The van der Waals surface area contributed by atoms with Crippen LogP contribution in [0.1, 0.15) is 42.6 Å². The molecule has 2 atom stereocenters. The molecule has 3 heterocycles. The predicted molar refractivity (Wildman–Crippen MR) is 93.4 cm³/mol. The van der Waals surface area contributed by atoms with Crippen LogP contribution in [0.2, 0.25) is 0 Å². The molecule has 1 aromatic carbocycles. The molecule has 1 aromatic heterocycles. The molecule has 2 unspecified atom stereocenters. The Morgan fingerprint density at radius 2 is 2.00 bits per heavy atom. The number of likely N-dealkylation sites (tertiary alicyclic amines) is 1. The van der Waals surface area contributed by atoms with Crippen LogP contribution in [0.3, 0.4) is 0 Å². The first-order valence-corrected chi connectivity index (χ1v) is 9.01. The third-order valence-corrected chi connectivity index (χ3v) is 5.40. The summed E-state index contributed by atoms with van der Waals surface area (Å²) in [6.07, 6.45) is 4.02. The molecule has 0 spiro atoms. The normalized spacial score (nSPS) is 24.2. The zero-order chi connectivity index (χ0) is 18.1. The molecule has 138 valence electrons. The summed E-state index contributed by atoms with van der Waals surface area (Å²) in [5.41, 5.74) is 6.70. The van der Waals surface area contributed by atoms with Crippen molar-refractivity contribution in [1.29, 1.82) is 0 Å². The highest BCUT2D eigenvalue weighted by Crippen LogP contribution is 2.29. The molecule has 2 aliphatic rings.